The van der Waals surface area contributed by atoms with Crippen molar-refractivity contribution in [3.63, 3.8) is 0 Å². The van der Waals surface area contributed by atoms with Crippen molar-refractivity contribution >= 4 is 12.4 Å². The first-order valence-electron chi connectivity index (χ1n) is 12.1. The first kappa shape index (κ1) is 28.5. The van der Waals surface area contributed by atoms with Crippen molar-refractivity contribution in [2.24, 2.45) is 0 Å². The Labute approximate surface area is 173 Å². The molecule has 0 aliphatic carbocycles. The molecule has 0 unspecified atom stereocenters. The molecular weight excluding hydrogens is 338 g/mol. The van der Waals surface area contributed by atoms with E-state index in [9.17, 15) is 0 Å². The smallest absolute Gasteiger partial charge is 0.00187 e. The van der Waals surface area contributed by atoms with Crippen molar-refractivity contribution in [2.45, 2.75) is 136 Å². The fourth-order valence-corrected chi connectivity index (χ4v) is 3.85. The molecule has 2 heteroatoms. The number of halogens is 1. The molecule has 1 nitrogen and oxygen atoms in total. The van der Waals surface area contributed by atoms with E-state index < -0.39 is 0 Å². The maximum absolute atomic E-state index is 2.66. The van der Waals surface area contributed by atoms with E-state index in [1.165, 1.54) is 135 Å². The highest BCUT2D eigenvalue weighted by atomic mass is 35.5. The van der Waals surface area contributed by atoms with Crippen LogP contribution in [0.1, 0.15) is 136 Å². The molecule has 0 heterocycles. The molecule has 0 atom stereocenters. The van der Waals surface area contributed by atoms with E-state index in [-0.39, 0.29) is 12.4 Å². The summed E-state index contributed by atoms with van der Waals surface area (Å²) in [7, 11) is 0. The zero-order valence-electron chi connectivity index (χ0n) is 18.7. The van der Waals surface area contributed by atoms with Gasteiger partial charge in [-0.25, -0.2) is 0 Å². The van der Waals surface area contributed by atoms with Crippen molar-refractivity contribution in [1.82, 2.24) is 4.90 Å². The number of nitrogens with zero attached hydrogens (tertiary/aromatic N) is 1. The predicted octanol–water partition coefficient (Wildman–Crippen LogP) is 8.79. The van der Waals surface area contributed by atoms with Gasteiger partial charge in [0.25, 0.3) is 0 Å². The summed E-state index contributed by atoms with van der Waals surface area (Å²) in [5, 5.41) is 0. The SMILES string of the molecule is CCCCCCCCCCCCCCCCCCN(CCC)CCC.Cl. The van der Waals surface area contributed by atoms with E-state index >= 15 is 0 Å². The quantitative estimate of drug-likeness (QED) is 0.177. The minimum Gasteiger partial charge on any atom is -0.303 e. The maximum Gasteiger partial charge on any atom is -0.00187 e. The van der Waals surface area contributed by atoms with Crippen LogP contribution in [0.4, 0.5) is 0 Å². The van der Waals surface area contributed by atoms with Gasteiger partial charge in [0.05, 0.1) is 0 Å². The first-order chi connectivity index (χ1) is 12.3. The maximum atomic E-state index is 2.66. The van der Waals surface area contributed by atoms with Gasteiger partial charge in [0.15, 0.2) is 0 Å². The fourth-order valence-electron chi connectivity index (χ4n) is 3.85. The third-order valence-electron chi connectivity index (χ3n) is 5.41. The van der Waals surface area contributed by atoms with E-state index in [1.807, 2.05) is 0 Å². The average Bonchev–Trinajstić information content (AvgIpc) is 2.61. The average molecular weight is 390 g/mol. The molecule has 0 aromatic heterocycles. The molecule has 160 valence electrons. The van der Waals surface area contributed by atoms with Crippen molar-refractivity contribution in [3.05, 3.63) is 0 Å². The van der Waals surface area contributed by atoms with Crippen LogP contribution in [0.5, 0.6) is 0 Å². The van der Waals surface area contributed by atoms with Crippen molar-refractivity contribution in [1.29, 1.82) is 0 Å². The lowest BCUT2D eigenvalue weighted by molar-refractivity contribution is 0.267. The van der Waals surface area contributed by atoms with Crippen molar-refractivity contribution in [3.8, 4) is 0 Å². The van der Waals surface area contributed by atoms with Gasteiger partial charge in [-0.3, -0.25) is 0 Å². The molecular formula is C24H52ClN. The van der Waals surface area contributed by atoms with Crippen LogP contribution in [0.15, 0.2) is 0 Å². The Bertz CT molecular complexity index is 226. The van der Waals surface area contributed by atoms with Crippen LogP contribution in [0.25, 0.3) is 0 Å². The summed E-state index contributed by atoms with van der Waals surface area (Å²) in [6, 6.07) is 0. The van der Waals surface area contributed by atoms with Crippen LogP contribution in [0.2, 0.25) is 0 Å². The van der Waals surface area contributed by atoms with Gasteiger partial charge in [-0.1, -0.05) is 117 Å². The van der Waals surface area contributed by atoms with Crippen LogP contribution in [0.3, 0.4) is 0 Å². The molecule has 0 aliphatic rings. The molecule has 0 N–H and O–H groups in total. The van der Waals surface area contributed by atoms with E-state index in [2.05, 4.69) is 25.7 Å². The van der Waals surface area contributed by atoms with E-state index in [4.69, 9.17) is 0 Å². The molecule has 0 radical (unpaired) electrons. The standard InChI is InChI=1S/C24H51N.ClH/c1-4-7-8-9-10-11-12-13-14-15-16-17-18-19-20-21-24-25(22-5-2)23-6-3;/h4-24H2,1-3H3;1H. The molecule has 26 heavy (non-hydrogen) atoms. The molecule has 0 fully saturated rings. The summed E-state index contributed by atoms with van der Waals surface area (Å²) in [6.45, 7) is 10.8. The summed E-state index contributed by atoms with van der Waals surface area (Å²) >= 11 is 0. The highest BCUT2D eigenvalue weighted by Crippen LogP contribution is 2.13. The normalized spacial score (nSPS) is 11.1. The Kier molecular flexibility index (Phi) is 27.6. The van der Waals surface area contributed by atoms with Gasteiger partial charge in [0.2, 0.25) is 0 Å². The summed E-state index contributed by atoms with van der Waals surface area (Å²) in [5.74, 6) is 0. The Hall–Kier alpha value is 0.250. The van der Waals surface area contributed by atoms with Crippen LogP contribution < -0.4 is 0 Å². The van der Waals surface area contributed by atoms with Crippen LogP contribution in [-0.2, 0) is 0 Å². The lowest BCUT2D eigenvalue weighted by Gasteiger charge is -2.20. The molecule has 0 rings (SSSR count). The Balaban J connectivity index is 0. The second-order valence-electron chi connectivity index (χ2n) is 8.14. The minimum absolute atomic E-state index is 0. The van der Waals surface area contributed by atoms with Gasteiger partial charge in [0, 0.05) is 0 Å². The minimum atomic E-state index is 0. The molecule has 0 saturated heterocycles. The molecule has 0 saturated carbocycles. The number of hydrogen-bond donors (Lipinski definition) is 0. The zero-order chi connectivity index (χ0) is 18.4. The summed E-state index contributed by atoms with van der Waals surface area (Å²) in [5.41, 5.74) is 0. The Morgan fingerprint density at radius 3 is 0.962 bits per heavy atom. The molecule has 0 aromatic carbocycles. The largest absolute Gasteiger partial charge is 0.303 e. The second kappa shape index (κ2) is 25.2. The van der Waals surface area contributed by atoms with Gasteiger partial charge < -0.3 is 4.90 Å². The molecule has 0 bridgehead atoms. The number of rotatable bonds is 21. The van der Waals surface area contributed by atoms with Gasteiger partial charge in [-0.05, 0) is 38.9 Å². The summed E-state index contributed by atoms with van der Waals surface area (Å²) in [6.07, 6.45) is 26.0. The zero-order valence-corrected chi connectivity index (χ0v) is 19.5. The Morgan fingerprint density at radius 1 is 0.346 bits per heavy atom. The molecule has 0 aliphatic heterocycles. The van der Waals surface area contributed by atoms with Crippen molar-refractivity contribution in [2.75, 3.05) is 19.6 Å². The van der Waals surface area contributed by atoms with Gasteiger partial charge >= 0.3 is 0 Å². The van der Waals surface area contributed by atoms with Gasteiger partial charge in [-0.2, -0.15) is 0 Å². The van der Waals surface area contributed by atoms with E-state index in [0.29, 0.717) is 0 Å². The topological polar surface area (TPSA) is 3.24 Å². The second-order valence-corrected chi connectivity index (χ2v) is 8.14. The number of unbranched alkanes of at least 4 members (excludes halogenated alkanes) is 15. The number of hydrogen-bond acceptors (Lipinski definition) is 1. The lowest BCUT2D eigenvalue weighted by atomic mass is 10.0. The van der Waals surface area contributed by atoms with Gasteiger partial charge in [0.1, 0.15) is 0 Å². The van der Waals surface area contributed by atoms with Gasteiger partial charge in [-0.15, -0.1) is 12.4 Å². The van der Waals surface area contributed by atoms with Crippen LogP contribution in [0, 0.1) is 0 Å². The summed E-state index contributed by atoms with van der Waals surface area (Å²) in [4.78, 5) is 2.66. The molecule has 0 amide bonds. The third-order valence-corrected chi connectivity index (χ3v) is 5.41. The highest BCUT2D eigenvalue weighted by molar-refractivity contribution is 5.85. The lowest BCUT2D eigenvalue weighted by Crippen LogP contribution is -2.26. The van der Waals surface area contributed by atoms with Crippen molar-refractivity contribution < 1.29 is 0 Å². The van der Waals surface area contributed by atoms with Crippen LogP contribution >= 0.6 is 12.4 Å². The first-order valence-corrected chi connectivity index (χ1v) is 12.1. The third kappa shape index (κ3) is 22.3. The van der Waals surface area contributed by atoms with E-state index in [0.717, 1.165) is 0 Å². The van der Waals surface area contributed by atoms with Crippen LogP contribution in [-0.4, -0.2) is 24.5 Å². The Morgan fingerprint density at radius 2 is 0.654 bits per heavy atom. The fraction of sp³-hybridized carbons (Fsp3) is 1.00. The van der Waals surface area contributed by atoms with E-state index in [1.54, 1.807) is 0 Å². The monoisotopic (exact) mass is 389 g/mol. The highest BCUT2D eigenvalue weighted by Gasteiger charge is 2.01. The molecule has 0 aromatic rings. The molecule has 0 spiro atoms. The summed E-state index contributed by atoms with van der Waals surface area (Å²) < 4.78 is 0. The predicted molar refractivity (Wildman–Crippen MR) is 124 cm³/mol.